The van der Waals surface area contributed by atoms with Crippen LogP contribution in [0.15, 0.2) is 34.4 Å². The van der Waals surface area contributed by atoms with Crippen LogP contribution >= 0.6 is 11.3 Å². The monoisotopic (exact) mass is 222 g/mol. The molecule has 5 heteroatoms. The van der Waals surface area contributed by atoms with E-state index in [2.05, 4.69) is 15.0 Å². The Morgan fingerprint density at radius 3 is 3.13 bits per heavy atom. The summed E-state index contributed by atoms with van der Waals surface area (Å²) in [5.74, 6) is 0.000417. The van der Waals surface area contributed by atoms with Gasteiger partial charge in [0.15, 0.2) is 0 Å². The molecule has 2 rings (SSSR count). The lowest BCUT2D eigenvalue weighted by atomic mass is 10.3. The second kappa shape index (κ2) is 4.75. The van der Waals surface area contributed by atoms with Crippen LogP contribution in [-0.4, -0.2) is 11.1 Å². The van der Waals surface area contributed by atoms with Crippen LogP contribution in [0, 0.1) is 0 Å². The van der Waals surface area contributed by atoms with Crippen molar-refractivity contribution in [1.29, 1.82) is 0 Å². The van der Waals surface area contributed by atoms with Crippen molar-refractivity contribution in [3.8, 4) is 0 Å². The first-order chi connectivity index (χ1) is 7.34. The molecule has 0 saturated heterocycles. The highest BCUT2D eigenvalue weighted by Crippen LogP contribution is 2.08. The SMILES string of the molecule is O=C(Cc1cccs1)NCc1ccon1. The summed E-state index contributed by atoms with van der Waals surface area (Å²) in [5.41, 5.74) is 0.731. The fourth-order valence-corrected chi connectivity index (χ4v) is 1.86. The maximum absolute atomic E-state index is 11.4. The normalized spacial score (nSPS) is 10.1. The number of amides is 1. The second-order valence-electron chi connectivity index (χ2n) is 3.02. The summed E-state index contributed by atoms with van der Waals surface area (Å²) in [7, 11) is 0. The standard InChI is InChI=1S/C10H10N2O2S/c13-10(6-9-2-1-5-15-9)11-7-8-3-4-14-12-8/h1-5H,6-7H2,(H,11,13). The number of nitrogens with zero attached hydrogens (tertiary/aromatic N) is 1. The zero-order valence-electron chi connectivity index (χ0n) is 7.97. The van der Waals surface area contributed by atoms with Crippen molar-refractivity contribution >= 4 is 17.2 Å². The molecule has 0 aromatic carbocycles. The van der Waals surface area contributed by atoms with E-state index >= 15 is 0 Å². The predicted molar refractivity (Wildman–Crippen MR) is 56.4 cm³/mol. The van der Waals surface area contributed by atoms with Crippen molar-refractivity contribution in [2.45, 2.75) is 13.0 Å². The minimum atomic E-state index is 0.000417. The maximum Gasteiger partial charge on any atom is 0.225 e. The molecular weight excluding hydrogens is 212 g/mol. The first-order valence-corrected chi connectivity index (χ1v) is 5.41. The Balaban J connectivity index is 1.78. The third-order valence-corrected chi connectivity index (χ3v) is 2.75. The highest BCUT2D eigenvalue weighted by molar-refractivity contribution is 7.10. The molecule has 78 valence electrons. The smallest absolute Gasteiger partial charge is 0.225 e. The Labute approximate surface area is 90.9 Å². The average Bonchev–Trinajstić information content (AvgIpc) is 2.86. The molecule has 1 amide bonds. The molecule has 0 spiro atoms. The molecule has 2 heterocycles. The Bertz CT molecular complexity index is 409. The van der Waals surface area contributed by atoms with Gasteiger partial charge in [0.25, 0.3) is 0 Å². The molecule has 0 aliphatic heterocycles. The summed E-state index contributed by atoms with van der Waals surface area (Å²) >= 11 is 1.58. The van der Waals surface area contributed by atoms with Gasteiger partial charge < -0.3 is 9.84 Å². The van der Waals surface area contributed by atoms with Gasteiger partial charge in [-0.2, -0.15) is 0 Å². The molecule has 15 heavy (non-hydrogen) atoms. The van der Waals surface area contributed by atoms with Crippen molar-refractivity contribution in [1.82, 2.24) is 10.5 Å². The molecule has 0 saturated carbocycles. The zero-order valence-corrected chi connectivity index (χ0v) is 8.79. The number of hydrogen-bond donors (Lipinski definition) is 1. The number of nitrogens with one attached hydrogen (secondary N) is 1. The fraction of sp³-hybridized carbons (Fsp3) is 0.200. The molecule has 0 fully saturated rings. The summed E-state index contributed by atoms with van der Waals surface area (Å²) in [4.78, 5) is 12.5. The van der Waals surface area contributed by atoms with Crippen molar-refractivity contribution in [3.63, 3.8) is 0 Å². The van der Waals surface area contributed by atoms with Crippen LogP contribution in [0.1, 0.15) is 10.6 Å². The largest absolute Gasteiger partial charge is 0.364 e. The first-order valence-electron chi connectivity index (χ1n) is 4.53. The van der Waals surface area contributed by atoms with Gasteiger partial charge in [0.05, 0.1) is 13.0 Å². The van der Waals surface area contributed by atoms with Crippen molar-refractivity contribution in [3.05, 3.63) is 40.4 Å². The predicted octanol–water partition coefficient (Wildman–Crippen LogP) is 1.59. The molecular formula is C10H10N2O2S. The Hall–Kier alpha value is -1.62. The first kappa shape index (κ1) is 9.92. The maximum atomic E-state index is 11.4. The Kier molecular flexibility index (Phi) is 3.14. The van der Waals surface area contributed by atoms with Crippen LogP contribution in [0.2, 0.25) is 0 Å². The summed E-state index contributed by atoms with van der Waals surface area (Å²) in [6.07, 6.45) is 1.91. The molecule has 2 aromatic heterocycles. The van der Waals surface area contributed by atoms with Gasteiger partial charge in [0.2, 0.25) is 5.91 Å². The average molecular weight is 222 g/mol. The van der Waals surface area contributed by atoms with Crippen LogP contribution in [0.4, 0.5) is 0 Å². The van der Waals surface area contributed by atoms with Gasteiger partial charge in [0, 0.05) is 10.9 Å². The van der Waals surface area contributed by atoms with Crippen molar-refractivity contribution in [2.75, 3.05) is 0 Å². The van der Waals surface area contributed by atoms with Crippen molar-refractivity contribution < 1.29 is 9.32 Å². The minimum absolute atomic E-state index is 0.000417. The van der Waals surface area contributed by atoms with Crippen LogP contribution in [0.5, 0.6) is 0 Å². The highest BCUT2D eigenvalue weighted by Gasteiger charge is 2.04. The fourth-order valence-electron chi connectivity index (χ4n) is 1.15. The number of thiophene rings is 1. The van der Waals surface area contributed by atoms with Gasteiger partial charge in [-0.1, -0.05) is 11.2 Å². The summed E-state index contributed by atoms with van der Waals surface area (Å²) in [6.45, 7) is 0.417. The number of carbonyl (C=O) groups excluding carboxylic acids is 1. The minimum Gasteiger partial charge on any atom is -0.364 e. The zero-order chi connectivity index (χ0) is 10.5. The van der Waals surface area contributed by atoms with Crippen LogP contribution in [0.25, 0.3) is 0 Å². The van der Waals surface area contributed by atoms with E-state index < -0.39 is 0 Å². The lowest BCUT2D eigenvalue weighted by Crippen LogP contribution is -2.24. The van der Waals surface area contributed by atoms with Crippen molar-refractivity contribution in [2.24, 2.45) is 0 Å². The lowest BCUT2D eigenvalue weighted by Gasteiger charge is -2.00. The topological polar surface area (TPSA) is 55.1 Å². The van der Waals surface area contributed by atoms with Gasteiger partial charge in [-0.25, -0.2) is 0 Å². The molecule has 0 unspecified atom stereocenters. The molecule has 0 radical (unpaired) electrons. The van der Waals surface area contributed by atoms with E-state index in [1.165, 1.54) is 6.26 Å². The van der Waals surface area contributed by atoms with Gasteiger partial charge in [-0.05, 0) is 11.4 Å². The molecule has 4 nitrogen and oxygen atoms in total. The summed E-state index contributed by atoms with van der Waals surface area (Å²) < 4.78 is 4.65. The van der Waals surface area contributed by atoms with E-state index in [1.54, 1.807) is 17.4 Å². The summed E-state index contributed by atoms with van der Waals surface area (Å²) in [5, 5.41) is 8.43. The molecule has 0 aliphatic carbocycles. The van der Waals surface area contributed by atoms with E-state index in [-0.39, 0.29) is 5.91 Å². The van der Waals surface area contributed by atoms with Crippen LogP contribution in [-0.2, 0) is 17.8 Å². The van der Waals surface area contributed by atoms with Crippen LogP contribution in [0.3, 0.4) is 0 Å². The Morgan fingerprint density at radius 1 is 1.53 bits per heavy atom. The van der Waals surface area contributed by atoms with Gasteiger partial charge in [0.1, 0.15) is 12.0 Å². The number of carbonyl (C=O) groups is 1. The molecule has 2 aromatic rings. The van der Waals surface area contributed by atoms with Gasteiger partial charge >= 0.3 is 0 Å². The number of hydrogen-bond acceptors (Lipinski definition) is 4. The molecule has 1 N–H and O–H groups in total. The molecule has 0 atom stereocenters. The van der Waals surface area contributed by atoms with Gasteiger partial charge in [-0.3, -0.25) is 4.79 Å². The van der Waals surface area contributed by atoms with E-state index in [0.29, 0.717) is 13.0 Å². The second-order valence-corrected chi connectivity index (χ2v) is 4.06. The van der Waals surface area contributed by atoms with E-state index in [9.17, 15) is 4.79 Å². The van der Waals surface area contributed by atoms with E-state index in [4.69, 9.17) is 0 Å². The molecule has 0 aliphatic rings. The van der Waals surface area contributed by atoms with Crippen LogP contribution < -0.4 is 5.32 Å². The molecule has 0 bridgehead atoms. The van der Waals surface area contributed by atoms with E-state index in [0.717, 1.165) is 10.6 Å². The number of aromatic nitrogens is 1. The third-order valence-electron chi connectivity index (χ3n) is 1.87. The highest BCUT2D eigenvalue weighted by atomic mass is 32.1. The lowest BCUT2D eigenvalue weighted by molar-refractivity contribution is -0.120. The number of rotatable bonds is 4. The van der Waals surface area contributed by atoms with Gasteiger partial charge in [-0.15, -0.1) is 11.3 Å². The third kappa shape index (κ3) is 2.92. The summed E-state index contributed by atoms with van der Waals surface area (Å²) in [6, 6.07) is 5.61. The quantitative estimate of drug-likeness (QED) is 0.854. The van der Waals surface area contributed by atoms with E-state index in [1.807, 2.05) is 17.5 Å². The Morgan fingerprint density at radius 2 is 2.47 bits per heavy atom.